The van der Waals surface area contributed by atoms with Crippen LogP contribution in [0, 0.1) is 21.4 Å². The highest BCUT2D eigenvalue weighted by Crippen LogP contribution is 2.21. The molecule has 4 N–H and O–H groups in total. The van der Waals surface area contributed by atoms with Gasteiger partial charge in [-0.1, -0.05) is 0 Å². The number of nitro groups is 1. The van der Waals surface area contributed by atoms with Gasteiger partial charge in [0.1, 0.15) is 6.07 Å². The lowest BCUT2D eigenvalue weighted by Crippen LogP contribution is -2.61. The van der Waals surface area contributed by atoms with Crippen LogP contribution in [0.1, 0.15) is 5.56 Å². The molecule has 1 fully saturated rings. The number of nitro benzene ring substituents is 1. The number of hydrogen-bond acceptors (Lipinski definition) is 8. The minimum atomic E-state index is -0.847. The van der Waals surface area contributed by atoms with Crippen molar-refractivity contribution in [3.8, 4) is 6.07 Å². The molecule has 1 heterocycles. The van der Waals surface area contributed by atoms with E-state index in [9.17, 15) is 24.5 Å². The molecule has 0 bridgehead atoms. The Kier molecular flexibility index (Phi) is 5.30. The molecule has 1 saturated heterocycles. The molecule has 24 heavy (non-hydrogen) atoms. The van der Waals surface area contributed by atoms with Crippen LogP contribution in [0.3, 0.4) is 0 Å². The minimum absolute atomic E-state index is 0.0525. The van der Waals surface area contributed by atoms with Crippen molar-refractivity contribution in [3.05, 3.63) is 33.9 Å². The highest BCUT2D eigenvalue weighted by Gasteiger charge is 2.26. The van der Waals surface area contributed by atoms with Gasteiger partial charge in [0.05, 0.1) is 21.9 Å². The van der Waals surface area contributed by atoms with Crippen LogP contribution < -0.4 is 21.5 Å². The summed E-state index contributed by atoms with van der Waals surface area (Å²) in [6.07, 6.45) is 0. The summed E-state index contributed by atoms with van der Waals surface area (Å²) < 4.78 is 0. The maximum absolute atomic E-state index is 11.9. The van der Waals surface area contributed by atoms with E-state index < -0.39 is 28.1 Å². The molecular weight excluding hydrogens is 340 g/mol. The molecule has 124 valence electrons. The Bertz CT molecular complexity index is 761. The predicted molar refractivity (Wildman–Crippen MR) is 82.5 cm³/mol. The summed E-state index contributed by atoms with van der Waals surface area (Å²) in [5.74, 6) is -1.26. The number of benzene rings is 1. The smallest absolute Gasteiger partial charge is 0.324 e. The third-order valence-electron chi connectivity index (χ3n) is 2.78. The van der Waals surface area contributed by atoms with Gasteiger partial charge in [0.15, 0.2) is 5.37 Å². The maximum atomic E-state index is 11.9. The molecule has 1 aromatic carbocycles. The molecule has 0 saturated carbocycles. The number of nitriles is 1. The van der Waals surface area contributed by atoms with Gasteiger partial charge in [-0.05, 0) is 6.07 Å². The first-order valence-corrected chi connectivity index (χ1v) is 7.42. The Balaban J connectivity index is 1.95. The third kappa shape index (κ3) is 4.18. The molecule has 0 aromatic heterocycles. The van der Waals surface area contributed by atoms with Crippen LogP contribution in [-0.4, -0.2) is 33.9 Å². The molecule has 2 rings (SSSR count). The van der Waals surface area contributed by atoms with Crippen LogP contribution in [0.25, 0.3) is 0 Å². The van der Waals surface area contributed by atoms with Gasteiger partial charge in [0, 0.05) is 12.1 Å². The number of urea groups is 1. The molecular formula is C12H10N6O5S. The largest absolute Gasteiger partial charge is 0.335 e. The van der Waals surface area contributed by atoms with Crippen LogP contribution in [0.15, 0.2) is 18.2 Å². The topological polar surface area (TPSA) is 166 Å². The summed E-state index contributed by atoms with van der Waals surface area (Å²) in [5.41, 5.74) is 4.42. The number of imide groups is 1. The summed E-state index contributed by atoms with van der Waals surface area (Å²) in [6.45, 7) is 0. The number of anilines is 1. The molecule has 0 aliphatic carbocycles. The average molecular weight is 350 g/mol. The Morgan fingerprint density at radius 1 is 1.46 bits per heavy atom. The summed E-state index contributed by atoms with van der Waals surface area (Å²) >= 11 is 0.915. The average Bonchev–Trinajstić information content (AvgIpc) is 2.54. The number of rotatable bonds is 5. The zero-order chi connectivity index (χ0) is 17.7. The first kappa shape index (κ1) is 17.2. The van der Waals surface area contributed by atoms with E-state index in [-0.39, 0.29) is 22.7 Å². The van der Waals surface area contributed by atoms with Crippen molar-refractivity contribution in [3.63, 3.8) is 0 Å². The summed E-state index contributed by atoms with van der Waals surface area (Å²) in [6, 6.07) is 4.54. The second-order valence-corrected chi connectivity index (χ2v) is 5.52. The van der Waals surface area contributed by atoms with Crippen LogP contribution in [0.4, 0.5) is 16.2 Å². The molecule has 1 aromatic rings. The van der Waals surface area contributed by atoms with Crippen molar-refractivity contribution in [2.24, 2.45) is 0 Å². The van der Waals surface area contributed by atoms with Gasteiger partial charge in [-0.3, -0.25) is 30.4 Å². The number of hydrazine groups is 1. The van der Waals surface area contributed by atoms with Crippen LogP contribution >= 0.6 is 11.8 Å². The van der Waals surface area contributed by atoms with Crippen molar-refractivity contribution in [1.82, 2.24) is 16.2 Å². The van der Waals surface area contributed by atoms with Crippen molar-refractivity contribution in [2.45, 2.75) is 5.37 Å². The zero-order valence-corrected chi connectivity index (χ0v) is 12.7. The van der Waals surface area contributed by atoms with E-state index in [0.29, 0.717) is 0 Å². The molecule has 1 unspecified atom stereocenters. The molecule has 4 amide bonds. The quantitative estimate of drug-likeness (QED) is 0.419. The van der Waals surface area contributed by atoms with Crippen LogP contribution in [0.5, 0.6) is 0 Å². The number of hydrogen-bond donors (Lipinski definition) is 4. The molecule has 12 heteroatoms. The van der Waals surface area contributed by atoms with Crippen molar-refractivity contribution in [1.29, 1.82) is 5.26 Å². The number of thioether (sulfide) groups is 1. The number of non-ortho nitro benzene ring substituents is 1. The monoisotopic (exact) mass is 350 g/mol. The van der Waals surface area contributed by atoms with Crippen LogP contribution in [0.2, 0.25) is 0 Å². The second-order valence-electron chi connectivity index (χ2n) is 4.43. The molecule has 11 nitrogen and oxygen atoms in total. The van der Waals surface area contributed by atoms with Crippen LogP contribution in [-0.2, 0) is 9.59 Å². The Labute approximate surface area is 138 Å². The SMILES string of the molecule is N#Cc1cc([N+](=O)[O-])ccc1NC(=O)CSC1NNC(=O)NC1=O. The lowest BCUT2D eigenvalue weighted by atomic mass is 10.1. The van der Waals surface area contributed by atoms with Gasteiger partial charge < -0.3 is 5.32 Å². The fraction of sp³-hybridized carbons (Fsp3) is 0.167. The Morgan fingerprint density at radius 3 is 2.83 bits per heavy atom. The second kappa shape index (κ2) is 7.40. The first-order chi connectivity index (χ1) is 11.4. The predicted octanol–water partition coefficient (Wildman–Crippen LogP) is -0.192. The molecule has 1 aliphatic rings. The van der Waals surface area contributed by atoms with E-state index >= 15 is 0 Å². The van der Waals surface area contributed by atoms with E-state index in [0.717, 1.165) is 23.9 Å². The van der Waals surface area contributed by atoms with Gasteiger partial charge in [-0.25, -0.2) is 10.2 Å². The summed E-state index contributed by atoms with van der Waals surface area (Å²) in [5, 5.41) is 23.3. The summed E-state index contributed by atoms with van der Waals surface area (Å²) in [7, 11) is 0. The number of nitrogens with zero attached hydrogens (tertiary/aromatic N) is 2. The van der Waals surface area contributed by atoms with E-state index in [4.69, 9.17) is 5.26 Å². The van der Waals surface area contributed by atoms with Gasteiger partial charge in [0.25, 0.3) is 11.6 Å². The van der Waals surface area contributed by atoms with Gasteiger partial charge >= 0.3 is 6.03 Å². The van der Waals surface area contributed by atoms with E-state index in [1.807, 2.05) is 5.32 Å². The first-order valence-electron chi connectivity index (χ1n) is 6.37. The normalized spacial score (nSPS) is 16.5. The number of nitrogens with one attached hydrogen (secondary N) is 4. The number of carbonyl (C=O) groups is 3. The van der Waals surface area contributed by atoms with Gasteiger partial charge in [0.2, 0.25) is 5.91 Å². The lowest BCUT2D eigenvalue weighted by molar-refractivity contribution is -0.384. The highest BCUT2D eigenvalue weighted by atomic mass is 32.2. The van der Waals surface area contributed by atoms with Gasteiger partial charge in [-0.2, -0.15) is 5.26 Å². The standard InChI is InChI=1S/C12H10N6O5S/c13-4-6-3-7(18(22)23)1-2-8(6)14-9(19)5-24-11-10(20)15-12(21)17-16-11/h1-3,11,16H,5H2,(H,14,19)(H2,15,17,20,21). The van der Waals surface area contributed by atoms with E-state index in [2.05, 4.69) is 16.2 Å². The highest BCUT2D eigenvalue weighted by molar-refractivity contribution is 8.01. The molecule has 0 radical (unpaired) electrons. The fourth-order valence-electron chi connectivity index (χ4n) is 1.72. The Morgan fingerprint density at radius 2 is 2.21 bits per heavy atom. The van der Waals surface area contributed by atoms with Crippen molar-refractivity contribution < 1.29 is 19.3 Å². The van der Waals surface area contributed by atoms with Crippen molar-refractivity contribution in [2.75, 3.05) is 11.1 Å². The molecule has 1 atom stereocenters. The maximum Gasteiger partial charge on any atom is 0.335 e. The number of carbonyl (C=O) groups excluding carboxylic acids is 3. The molecule has 0 spiro atoms. The van der Waals surface area contributed by atoms with Crippen molar-refractivity contribution >= 4 is 41.0 Å². The third-order valence-corrected chi connectivity index (χ3v) is 3.88. The Hall–Kier alpha value is -3.17. The lowest BCUT2D eigenvalue weighted by Gasteiger charge is -2.22. The zero-order valence-electron chi connectivity index (χ0n) is 11.9. The molecule has 1 aliphatic heterocycles. The van der Waals surface area contributed by atoms with E-state index in [1.165, 1.54) is 6.07 Å². The number of amides is 4. The minimum Gasteiger partial charge on any atom is -0.324 e. The van der Waals surface area contributed by atoms with Gasteiger partial charge in [-0.15, -0.1) is 11.8 Å². The summed E-state index contributed by atoms with van der Waals surface area (Å²) in [4.78, 5) is 44.3. The van der Waals surface area contributed by atoms with E-state index in [1.54, 1.807) is 6.07 Å². The fourth-order valence-corrected chi connectivity index (χ4v) is 2.46.